The smallest absolute Gasteiger partial charge is 1.00 e. The van der Waals surface area contributed by atoms with Crippen LogP contribution in [0, 0.1) is 0 Å². The summed E-state index contributed by atoms with van der Waals surface area (Å²) in [5.74, 6) is 0.335. The molecule has 0 fully saturated rings. The van der Waals surface area contributed by atoms with Crippen LogP contribution in [0.3, 0.4) is 0 Å². The van der Waals surface area contributed by atoms with Crippen molar-refractivity contribution in [3.63, 3.8) is 0 Å². The van der Waals surface area contributed by atoms with Gasteiger partial charge in [-0.15, -0.1) is 0 Å². The largest absolute Gasteiger partial charge is 1.00 e. The Morgan fingerprint density at radius 1 is 0.491 bits per heavy atom. The Morgan fingerprint density at radius 2 is 0.925 bits per heavy atom. The van der Waals surface area contributed by atoms with Gasteiger partial charge in [0, 0.05) is 0 Å². The second-order valence-electron chi connectivity index (χ2n) is 13.9. The topological polar surface area (TPSA) is 25.8 Å². The van der Waals surface area contributed by atoms with Crippen molar-refractivity contribution < 1.29 is 48.0 Å². The van der Waals surface area contributed by atoms with E-state index >= 15 is 0 Å². The molecule has 264 valence electrons. The second kappa shape index (κ2) is 18.0. The average Bonchev–Trinajstić information content (AvgIpc) is 3.75. The van der Waals surface area contributed by atoms with E-state index in [9.17, 15) is 0 Å². The molecular formula is C48H44Cl2N2Zr. The number of fused-ring (bicyclic) bond motifs is 2. The Bertz CT molecular complexity index is 2040. The second-order valence-corrected chi connectivity index (χ2v) is 17.4. The van der Waals surface area contributed by atoms with Gasteiger partial charge in [-0.2, -0.15) is 0 Å². The molecule has 5 heteroatoms. The number of rotatable bonds is 12. The van der Waals surface area contributed by atoms with E-state index in [1.54, 1.807) is 6.56 Å². The van der Waals surface area contributed by atoms with Crippen LogP contribution in [0.1, 0.15) is 96.1 Å². The Kier molecular flexibility index (Phi) is 13.2. The summed E-state index contributed by atoms with van der Waals surface area (Å²) in [7, 11) is 0. The Labute approximate surface area is 339 Å². The van der Waals surface area contributed by atoms with E-state index in [0.29, 0.717) is 0 Å². The number of pyridine rings is 2. The molecular weight excluding hydrogens is 767 g/mol. The predicted octanol–water partition coefficient (Wildman–Crippen LogP) is 6.26. The van der Waals surface area contributed by atoms with E-state index in [2.05, 4.69) is 135 Å². The fraction of sp³-hybridized carbons (Fsp3) is 0.208. The van der Waals surface area contributed by atoms with Crippen molar-refractivity contribution in [3.05, 3.63) is 185 Å². The molecule has 2 heterocycles. The number of aromatic nitrogens is 2. The summed E-state index contributed by atoms with van der Waals surface area (Å²) in [6.07, 6.45) is 16.2. The molecule has 2 aliphatic rings. The molecule has 0 saturated heterocycles. The molecule has 0 N–H and O–H groups in total. The third kappa shape index (κ3) is 8.14. The number of hydrogen-bond acceptors (Lipinski definition) is 2. The van der Waals surface area contributed by atoms with Gasteiger partial charge in [-0.1, -0.05) is 0 Å². The summed E-state index contributed by atoms with van der Waals surface area (Å²) < 4.78 is 3.11. The SMILES string of the molecule is CCCCc1ccc(-c2cccc3c2C=[C]([Zr+2][C]2=Cc4c(-c5ccc(CCCC)cc5)cccc4C2c2ccccn2)C3c2ccccn2)cc1.[Cl-].[Cl-]. The van der Waals surface area contributed by atoms with Gasteiger partial charge in [0.05, 0.1) is 0 Å². The fourth-order valence-electron chi connectivity index (χ4n) is 7.89. The number of halogens is 2. The zero-order chi connectivity index (χ0) is 34.6. The van der Waals surface area contributed by atoms with Crippen molar-refractivity contribution in [1.29, 1.82) is 0 Å². The number of unbranched alkanes of at least 4 members (excludes halogenated alkanes) is 2. The molecule has 0 amide bonds. The molecule has 2 nitrogen and oxygen atoms in total. The molecule has 2 atom stereocenters. The molecule has 2 unspecified atom stereocenters. The minimum absolute atomic E-state index is 0. The average molecular weight is 811 g/mol. The monoisotopic (exact) mass is 808 g/mol. The molecule has 8 rings (SSSR count). The number of aryl methyl sites for hydroxylation is 2. The molecule has 53 heavy (non-hydrogen) atoms. The van der Waals surface area contributed by atoms with Crippen LogP contribution in [-0.2, 0) is 36.1 Å². The molecule has 0 radical (unpaired) electrons. The quantitative estimate of drug-likeness (QED) is 0.146. The minimum atomic E-state index is -1.32. The first-order valence-electron chi connectivity index (χ1n) is 18.7. The third-order valence-electron chi connectivity index (χ3n) is 10.5. The van der Waals surface area contributed by atoms with Gasteiger partial charge in [0.1, 0.15) is 0 Å². The number of allylic oxidation sites excluding steroid dienone is 2. The van der Waals surface area contributed by atoms with Crippen LogP contribution < -0.4 is 24.8 Å². The van der Waals surface area contributed by atoms with Gasteiger partial charge in [0.2, 0.25) is 0 Å². The van der Waals surface area contributed by atoms with Crippen molar-refractivity contribution in [2.24, 2.45) is 0 Å². The maximum absolute atomic E-state index is 4.98. The van der Waals surface area contributed by atoms with Crippen molar-refractivity contribution in [3.8, 4) is 22.3 Å². The maximum Gasteiger partial charge on any atom is -1.00 e. The first-order valence-corrected chi connectivity index (χ1v) is 21.1. The Balaban J connectivity index is 0.00000240. The van der Waals surface area contributed by atoms with Crippen LogP contribution in [0.4, 0.5) is 0 Å². The summed E-state index contributed by atoms with van der Waals surface area (Å²) in [6, 6.07) is 45.2. The molecule has 4 aromatic carbocycles. The summed E-state index contributed by atoms with van der Waals surface area (Å²) in [6.45, 7) is 4.52. The Morgan fingerprint density at radius 3 is 1.30 bits per heavy atom. The van der Waals surface area contributed by atoms with Crippen LogP contribution in [-0.4, -0.2) is 9.97 Å². The minimum Gasteiger partial charge on any atom is -1.00 e. The van der Waals surface area contributed by atoms with Crippen LogP contribution in [0.5, 0.6) is 0 Å². The zero-order valence-electron chi connectivity index (χ0n) is 30.4. The molecule has 0 aliphatic heterocycles. The third-order valence-corrected chi connectivity index (χ3v) is 14.1. The normalized spacial score (nSPS) is 15.3. The van der Waals surface area contributed by atoms with Crippen molar-refractivity contribution >= 4 is 12.2 Å². The number of benzene rings is 4. The van der Waals surface area contributed by atoms with Gasteiger partial charge in [-0.25, -0.2) is 0 Å². The first kappa shape index (κ1) is 38.8. The van der Waals surface area contributed by atoms with Crippen molar-refractivity contribution in [2.75, 3.05) is 0 Å². The summed E-state index contributed by atoms with van der Waals surface area (Å²) in [5.41, 5.74) is 15.8. The standard InChI is InChI=1S/2C24H22N.2ClH.Zr/c2*1-2-3-7-18-11-13-19(14-12-18)20-8-6-9-21-22(20)15-16-23(21)24-10-4-5-17-25-24;;;/h2*4-6,8-15,17,23H,2-3,7H2,1H3;2*1H;/q;;;;+2/p-2. The summed E-state index contributed by atoms with van der Waals surface area (Å²) in [5, 5.41) is 0. The maximum atomic E-state index is 4.98. The van der Waals surface area contributed by atoms with Crippen LogP contribution in [0.2, 0.25) is 0 Å². The van der Waals surface area contributed by atoms with E-state index in [0.717, 1.165) is 24.2 Å². The van der Waals surface area contributed by atoms with Crippen LogP contribution >= 0.6 is 0 Å². The fourth-order valence-corrected chi connectivity index (χ4v) is 12.0. The van der Waals surface area contributed by atoms with Crippen molar-refractivity contribution in [2.45, 2.75) is 64.2 Å². The van der Waals surface area contributed by atoms with Gasteiger partial charge in [0.15, 0.2) is 0 Å². The van der Waals surface area contributed by atoms with Gasteiger partial charge in [-0.3, -0.25) is 0 Å². The molecule has 0 bridgehead atoms. The van der Waals surface area contributed by atoms with E-state index in [1.165, 1.54) is 81.3 Å². The first-order chi connectivity index (χ1) is 25.2. The molecule has 2 aromatic heterocycles. The van der Waals surface area contributed by atoms with E-state index in [4.69, 9.17) is 9.97 Å². The van der Waals surface area contributed by atoms with Crippen LogP contribution in [0.25, 0.3) is 34.4 Å². The molecule has 6 aromatic rings. The van der Waals surface area contributed by atoms with E-state index in [-0.39, 0.29) is 36.6 Å². The summed E-state index contributed by atoms with van der Waals surface area (Å²) in [4.78, 5) is 9.96. The predicted molar refractivity (Wildman–Crippen MR) is 209 cm³/mol. The number of nitrogens with zero attached hydrogens (tertiary/aromatic N) is 2. The summed E-state index contributed by atoms with van der Waals surface area (Å²) >= 11 is -1.32. The molecule has 0 spiro atoms. The molecule has 2 aliphatic carbocycles. The Hall–Kier alpha value is -3.88. The van der Waals surface area contributed by atoms with Gasteiger partial charge < -0.3 is 24.8 Å². The van der Waals surface area contributed by atoms with Gasteiger partial charge >= 0.3 is 317 Å². The van der Waals surface area contributed by atoms with Crippen molar-refractivity contribution in [1.82, 2.24) is 9.97 Å². The zero-order valence-corrected chi connectivity index (χ0v) is 34.4. The van der Waals surface area contributed by atoms with Gasteiger partial charge in [-0.05, 0) is 0 Å². The number of hydrogen-bond donors (Lipinski definition) is 0. The van der Waals surface area contributed by atoms with E-state index in [1.807, 2.05) is 24.5 Å². The van der Waals surface area contributed by atoms with E-state index < -0.39 is 23.2 Å². The van der Waals surface area contributed by atoms with Gasteiger partial charge in [0.25, 0.3) is 0 Å². The molecule has 0 saturated carbocycles. The van der Waals surface area contributed by atoms with Crippen LogP contribution in [0.15, 0.2) is 140 Å².